The molecule has 0 rings (SSSR count). The zero-order chi connectivity index (χ0) is 11.1. The van der Waals surface area contributed by atoms with Crippen LogP contribution in [0, 0.1) is 0 Å². The monoisotopic (exact) mass is 201 g/mol. The molecule has 1 amide bonds. The van der Waals surface area contributed by atoms with Crippen LogP contribution in [0.5, 0.6) is 0 Å². The highest BCUT2D eigenvalue weighted by molar-refractivity contribution is 5.81. The molecule has 5 heteroatoms. The fraction of sp³-hybridized carbons (Fsp3) is 0.556. The number of rotatable bonds is 6. The molecular weight excluding hydrogens is 186 g/mol. The van der Waals surface area contributed by atoms with Crippen LogP contribution in [0.2, 0.25) is 0 Å². The molecule has 2 atom stereocenters. The first kappa shape index (κ1) is 12.6. The normalized spacial score (nSPS) is 14.1. The van der Waals surface area contributed by atoms with Crippen molar-refractivity contribution in [1.29, 1.82) is 0 Å². The lowest BCUT2D eigenvalue weighted by atomic mass is 10.3. The van der Waals surface area contributed by atoms with Crippen LogP contribution in [0.4, 0.5) is 0 Å². The summed E-state index contributed by atoms with van der Waals surface area (Å²) in [6.45, 7) is 6.65. The fourth-order valence-electron chi connectivity index (χ4n) is 0.743. The van der Waals surface area contributed by atoms with Gasteiger partial charge in [-0.05, 0) is 13.8 Å². The molecule has 0 saturated heterocycles. The Balaban J connectivity index is 3.94. The Bertz CT molecular complexity index is 227. The first-order valence-electron chi connectivity index (χ1n) is 4.26. The maximum Gasteiger partial charge on any atom is 0.332 e. The van der Waals surface area contributed by atoms with Gasteiger partial charge in [0.15, 0.2) is 6.10 Å². The quantitative estimate of drug-likeness (QED) is 0.600. The van der Waals surface area contributed by atoms with Crippen LogP contribution >= 0.6 is 0 Å². The molecule has 0 aromatic heterocycles. The van der Waals surface area contributed by atoms with E-state index in [0.717, 1.165) is 0 Å². The van der Waals surface area contributed by atoms with Gasteiger partial charge in [-0.1, -0.05) is 6.08 Å². The van der Waals surface area contributed by atoms with Gasteiger partial charge in [0.25, 0.3) is 0 Å². The lowest BCUT2D eigenvalue weighted by molar-refractivity contribution is -0.155. The van der Waals surface area contributed by atoms with Gasteiger partial charge in [0, 0.05) is 6.54 Å². The maximum absolute atomic E-state index is 11.2. The number of carbonyl (C=O) groups is 2. The molecule has 1 unspecified atom stereocenters. The van der Waals surface area contributed by atoms with Crippen molar-refractivity contribution in [2.75, 3.05) is 6.54 Å². The number of carboxylic acids is 1. The number of hydrogen-bond donors (Lipinski definition) is 2. The Kier molecular flexibility index (Phi) is 5.55. The van der Waals surface area contributed by atoms with Crippen LogP contribution in [0.25, 0.3) is 0 Å². The number of ether oxygens (including phenoxy) is 1. The van der Waals surface area contributed by atoms with E-state index in [-0.39, 0.29) is 5.91 Å². The molecule has 14 heavy (non-hydrogen) atoms. The maximum atomic E-state index is 11.2. The average molecular weight is 201 g/mol. The van der Waals surface area contributed by atoms with Gasteiger partial charge in [-0.2, -0.15) is 0 Å². The van der Waals surface area contributed by atoms with Gasteiger partial charge in [0.1, 0.15) is 6.10 Å². The second-order valence-electron chi connectivity index (χ2n) is 2.79. The van der Waals surface area contributed by atoms with Crippen LogP contribution in [-0.2, 0) is 14.3 Å². The van der Waals surface area contributed by atoms with E-state index in [0.29, 0.717) is 6.54 Å². The van der Waals surface area contributed by atoms with E-state index < -0.39 is 18.2 Å². The third kappa shape index (κ3) is 4.61. The summed E-state index contributed by atoms with van der Waals surface area (Å²) in [6.07, 6.45) is -0.230. The van der Waals surface area contributed by atoms with Gasteiger partial charge < -0.3 is 15.2 Å². The van der Waals surface area contributed by atoms with Crippen LogP contribution in [-0.4, -0.2) is 35.7 Å². The molecule has 5 nitrogen and oxygen atoms in total. The lowest BCUT2D eigenvalue weighted by Gasteiger charge is -2.15. The van der Waals surface area contributed by atoms with Crippen molar-refractivity contribution >= 4 is 11.9 Å². The van der Waals surface area contributed by atoms with Gasteiger partial charge in [0.05, 0.1) is 0 Å². The second kappa shape index (κ2) is 6.15. The Morgan fingerprint density at radius 1 is 1.50 bits per heavy atom. The van der Waals surface area contributed by atoms with Crippen LogP contribution in [0.15, 0.2) is 12.7 Å². The first-order chi connectivity index (χ1) is 6.49. The molecule has 2 N–H and O–H groups in total. The van der Waals surface area contributed by atoms with Gasteiger partial charge >= 0.3 is 5.97 Å². The standard InChI is InChI=1S/C9H15NO4/c1-4-5-10-8(11)6(2)14-7(3)9(12)13/h4,6-7H,1,5H2,2-3H3,(H,10,11)(H,12,13)/t6?,7-/m1/s1. The van der Waals surface area contributed by atoms with E-state index >= 15 is 0 Å². The van der Waals surface area contributed by atoms with Crippen molar-refractivity contribution in [3.05, 3.63) is 12.7 Å². The van der Waals surface area contributed by atoms with Gasteiger partial charge in [0.2, 0.25) is 5.91 Å². The number of hydrogen-bond acceptors (Lipinski definition) is 3. The molecule has 0 bridgehead atoms. The van der Waals surface area contributed by atoms with Crippen LogP contribution in [0.3, 0.4) is 0 Å². The minimum Gasteiger partial charge on any atom is -0.479 e. The van der Waals surface area contributed by atoms with Crippen LogP contribution in [0.1, 0.15) is 13.8 Å². The van der Waals surface area contributed by atoms with E-state index in [1.165, 1.54) is 19.9 Å². The molecule has 0 heterocycles. The third-order valence-corrected chi connectivity index (χ3v) is 1.55. The summed E-state index contributed by atoms with van der Waals surface area (Å²) in [6, 6.07) is 0. The van der Waals surface area contributed by atoms with Crippen molar-refractivity contribution in [2.24, 2.45) is 0 Å². The minimum atomic E-state index is -1.09. The van der Waals surface area contributed by atoms with Gasteiger partial charge in [-0.25, -0.2) is 4.79 Å². The molecule has 0 aliphatic carbocycles. The topological polar surface area (TPSA) is 75.6 Å². The van der Waals surface area contributed by atoms with E-state index in [1.54, 1.807) is 0 Å². The zero-order valence-corrected chi connectivity index (χ0v) is 8.32. The molecule has 80 valence electrons. The third-order valence-electron chi connectivity index (χ3n) is 1.55. The molecule has 0 fully saturated rings. The van der Waals surface area contributed by atoms with Crippen molar-refractivity contribution in [1.82, 2.24) is 5.32 Å². The summed E-state index contributed by atoms with van der Waals surface area (Å²) in [5.74, 6) is -1.44. The highest BCUT2D eigenvalue weighted by Crippen LogP contribution is 1.98. The lowest BCUT2D eigenvalue weighted by Crippen LogP contribution is -2.38. The summed E-state index contributed by atoms with van der Waals surface area (Å²) in [5.41, 5.74) is 0. The van der Waals surface area contributed by atoms with Crippen molar-refractivity contribution in [3.63, 3.8) is 0 Å². The molecule has 0 saturated carbocycles. The molecule has 0 spiro atoms. The number of aliphatic carboxylic acids is 1. The summed E-state index contributed by atoms with van der Waals surface area (Å²) in [4.78, 5) is 21.6. The minimum absolute atomic E-state index is 0.341. The van der Waals surface area contributed by atoms with Crippen molar-refractivity contribution < 1.29 is 19.4 Å². The van der Waals surface area contributed by atoms with Gasteiger partial charge in [-0.3, -0.25) is 4.79 Å². The molecular formula is C9H15NO4. The molecule has 0 aromatic carbocycles. The van der Waals surface area contributed by atoms with E-state index in [1.807, 2.05) is 0 Å². The molecule has 0 aromatic rings. The summed E-state index contributed by atoms with van der Waals surface area (Å²) < 4.78 is 4.92. The average Bonchev–Trinajstić information content (AvgIpc) is 2.13. The Morgan fingerprint density at radius 3 is 2.50 bits per heavy atom. The number of carboxylic acid groups (broad SMARTS) is 1. The highest BCUT2D eigenvalue weighted by atomic mass is 16.5. The number of nitrogens with one attached hydrogen (secondary N) is 1. The molecule has 0 aliphatic heterocycles. The van der Waals surface area contributed by atoms with Crippen molar-refractivity contribution in [3.8, 4) is 0 Å². The van der Waals surface area contributed by atoms with Gasteiger partial charge in [-0.15, -0.1) is 6.58 Å². The Hall–Kier alpha value is -1.36. The SMILES string of the molecule is C=CCNC(=O)C(C)O[C@H](C)C(=O)O. The predicted molar refractivity (Wildman–Crippen MR) is 50.9 cm³/mol. The number of carbonyl (C=O) groups excluding carboxylic acids is 1. The van der Waals surface area contributed by atoms with E-state index in [9.17, 15) is 9.59 Å². The Morgan fingerprint density at radius 2 is 2.07 bits per heavy atom. The molecule has 0 aliphatic rings. The predicted octanol–water partition coefficient (Wildman–Crippen LogP) is 0.167. The van der Waals surface area contributed by atoms with Crippen molar-refractivity contribution in [2.45, 2.75) is 26.1 Å². The largest absolute Gasteiger partial charge is 0.479 e. The summed E-state index contributed by atoms with van der Waals surface area (Å²) in [5, 5.41) is 11.0. The Labute approximate surface area is 82.7 Å². The smallest absolute Gasteiger partial charge is 0.332 e. The van der Waals surface area contributed by atoms with E-state index in [4.69, 9.17) is 9.84 Å². The summed E-state index contributed by atoms with van der Waals surface area (Å²) >= 11 is 0. The zero-order valence-electron chi connectivity index (χ0n) is 8.32. The van der Waals surface area contributed by atoms with E-state index in [2.05, 4.69) is 11.9 Å². The van der Waals surface area contributed by atoms with Crippen LogP contribution < -0.4 is 5.32 Å². The summed E-state index contributed by atoms with van der Waals surface area (Å²) in [7, 11) is 0. The number of amides is 1. The molecule has 0 radical (unpaired) electrons. The first-order valence-corrected chi connectivity index (χ1v) is 4.26. The fourth-order valence-corrected chi connectivity index (χ4v) is 0.743. The highest BCUT2D eigenvalue weighted by Gasteiger charge is 2.19. The second-order valence-corrected chi connectivity index (χ2v) is 2.79.